The summed E-state index contributed by atoms with van der Waals surface area (Å²) in [7, 11) is 1.94. The van der Waals surface area contributed by atoms with Crippen LogP contribution in [0.15, 0.2) is 65.4 Å². The summed E-state index contributed by atoms with van der Waals surface area (Å²) < 4.78 is 0. The van der Waals surface area contributed by atoms with Crippen molar-refractivity contribution in [3.63, 3.8) is 0 Å². The smallest absolute Gasteiger partial charge is 0.251 e. The van der Waals surface area contributed by atoms with Gasteiger partial charge in [-0.3, -0.25) is 14.4 Å². The van der Waals surface area contributed by atoms with Gasteiger partial charge in [0, 0.05) is 41.2 Å². The SMILES string of the molecule is C.C=CSC=C(C)C.C=O.C=O.C=O.CC.CCC.CCC(C)C.CCCNC(=O)c1cc(C)cc(C=O)c1.CC[C@H](C)C(=O)NCC1CC1.CN[C@H](C)c1cccc(Cl)c1. The lowest BCUT2D eigenvalue weighted by Crippen LogP contribution is -2.30. The van der Waals surface area contributed by atoms with Gasteiger partial charge in [-0.2, -0.15) is 0 Å². The van der Waals surface area contributed by atoms with Gasteiger partial charge in [0.25, 0.3) is 5.91 Å². The Balaban J connectivity index is -0.0000000928. The summed E-state index contributed by atoms with van der Waals surface area (Å²) in [6, 6.07) is 13.4. The average Bonchev–Trinajstić information content (AvgIpc) is 4.12. The molecule has 9 nitrogen and oxygen atoms in total. The van der Waals surface area contributed by atoms with Crippen molar-refractivity contribution in [2.45, 2.75) is 149 Å². The second kappa shape index (κ2) is 58.2. The Labute approximate surface area is 384 Å². The van der Waals surface area contributed by atoms with Gasteiger partial charge in [-0.25, -0.2) is 0 Å². The molecule has 0 aliphatic heterocycles. The lowest BCUT2D eigenvalue weighted by atomic mass is 10.1. The number of carbonyl (C=O) groups is 6. The van der Waals surface area contributed by atoms with Gasteiger partial charge >= 0.3 is 0 Å². The van der Waals surface area contributed by atoms with Crippen LogP contribution >= 0.6 is 23.4 Å². The molecule has 1 saturated carbocycles. The van der Waals surface area contributed by atoms with E-state index in [2.05, 4.69) is 89.4 Å². The van der Waals surface area contributed by atoms with Crippen LogP contribution in [0.5, 0.6) is 0 Å². The molecule has 0 aromatic heterocycles. The van der Waals surface area contributed by atoms with Crippen molar-refractivity contribution in [2.75, 3.05) is 20.1 Å². The van der Waals surface area contributed by atoms with Crippen LogP contribution in [0.2, 0.25) is 5.02 Å². The van der Waals surface area contributed by atoms with Crippen LogP contribution in [0.1, 0.15) is 174 Å². The van der Waals surface area contributed by atoms with Crippen LogP contribution in [0.3, 0.4) is 0 Å². The fraction of sp³-hybridized carbons (Fsp3) is 0.560. The number of amides is 2. The van der Waals surface area contributed by atoms with Gasteiger partial charge < -0.3 is 30.3 Å². The molecule has 3 N–H and O–H groups in total. The largest absolute Gasteiger partial charge is 0.356 e. The Morgan fingerprint density at radius 1 is 0.869 bits per heavy atom. The van der Waals surface area contributed by atoms with Crippen LogP contribution < -0.4 is 16.0 Å². The van der Waals surface area contributed by atoms with Crippen LogP contribution in [-0.2, 0) is 19.2 Å². The molecule has 2 atom stereocenters. The molecule has 0 heterocycles. The summed E-state index contributed by atoms with van der Waals surface area (Å²) in [4.78, 5) is 57.4. The van der Waals surface area contributed by atoms with Crippen molar-refractivity contribution < 1.29 is 28.8 Å². The van der Waals surface area contributed by atoms with E-state index in [4.69, 9.17) is 26.0 Å². The number of benzene rings is 2. The summed E-state index contributed by atoms with van der Waals surface area (Å²) in [5, 5.41) is 13.5. The highest BCUT2D eigenvalue weighted by molar-refractivity contribution is 8.04. The number of nitrogens with one attached hydrogen (secondary N) is 3. The predicted octanol–water partition coefficient (Wildman–Crippen LogP) is 13.5. The first-order valence-electron chi connectivity index (χ1n) is 20.9. The van der Waals surface area contributed by atoms with Crippen LogP contribution in [0.25, 0.3) is 0 Å². The second-order valence-electron chi connectivity index (χ2n) is 13.6. The van der Waals surface area contributed by atoms with Crippen molar-refractivity contribution in [3.8, 4) is 0 Å². The van der Waals surface area contributed by atoms with Crippen molar-refractivity contribution in [1.82, 2.24) is 16.0 Å². The Kier molecular flexibility index (Phi) is 71.2. The zero-order chi connectivity index (χ0) is 48.5. The summed E-state index contributed by atoms with van der Waals surface area (Å²) in [6.07, 6.45) is 7.76. The number of aldehydes is 1. The van der Waals surface area contributed by atoms with Crippen molar-refractivity contribution in [3.05, 3.63) is 92.7 Å². The van der Waals surface area contributed by atoms with E-state index < -0.39 is 0 Å². The fourth-order valence-corrected chi connectivity index (χ4v) is 3.97. The van der Waals surface area contributed by atoms with Crippen LogP contribution in [-0.4, -0.2) is 58.6 Å². The third-order valence-electron chi connectivity index (χ3n) is 7.35. The molecule has 1 fully saturated rings. The summed E-state index contributed by atoms with van der Waals surface area (Å²) in [5.41, 5.74) is 4.55. The molecule has 3 rings (SSSR count). The maximum absolute atomic E-state index is 11.6. The molecule has 2 aromatic rings. The molecule has 0 spiro atoms. The van der Waals surface area contributed by atoms with Crippen LogP contribution in [0.4, 0.5) is 0 Å². The number of allylic oxidation sites excluding steroid dienone is 1. The fourth-order valence-electron chi connectivity index (χ4n) is 3.41. The number of hydrogen-bond donors (Lipinski definition) is 3. The molecule has 0 unspecified atom stereocenters. The van der Waals surface area contributed by atoms with Gasteiger partial charge in [0.05, 0.1) is 0 Å². The quantitative estimate of drug-likeness (QED) is 0.169. The lowest BCUT2D eigenvalue weighted by Gasteiger charge is -2.09. The Bertz CT molecular complexity index is 1310. The number of hydrogen-bond acceptors (Lipinski definition) is 8. The molecule has 0 saturated heterocycles. The molecule has 1 aliphatic rings. The van der Waals surface area contributed by atoms with Gasteiger partial charge in [0.2, 0.25) is 5.91 Å². The van der Waals surface area contributed by atoms with Crippen LogP contribution in [0, 0.1) is 24.7 Å². The minimum absolute atomic E-state index is 0. The lowest BCUT2D eigenvalue weighted by molar-refractivity contribution is -0.124. The van der Waals surface area contributed by atoms with E-state index in [0.29, 0.717) is 23.7 Å². The van der Waals surface area contributed by atoms with E-state index in [1.54, 1.807) is 30.0 Å². The number of halogens is 1. The highest BCUT2D eigenvalue weighted by Crippen LogP contribution is 2.27. The van der Waals surface area contributed by atoms with Gasteiger partial charge in [-0.15, -0.1) is 11.8 Å². The highest BCUT2D eigenvalue weighted by Gasteiger charge is 2.22. The topological polar surface area (TPSA) is 139 Å². The second-order valence-corrected chi connectivity index (χ2v) is 14.9. The molecule has 61 heavy (non-hydrogen) atoms. The molecular formula is C50H90ClN3O6S. The van der Waals surface area contributed by atoms with E-state index in [1.165, 1.54) is 36.8 Å². The average molecular weight is 897 g/mol. The van der Waals surface area contributed by atoms with Crippen molar-refractivity contribution >= 4 is 61.8 Å². The predicted molar refractivity (Wildman–Crippen MR) is 271 cm³/mol. The Hall–Kier alpha value is -3.86. The Morgan fingerprint density at radius 2 is 1.38 bits per heavy atom. The molecule has 0 bridgehead atoms. The first-order chi connectivity index (χ1) is 28.6. The molecule has 2 amide bonds. The molecule has 1 aliphatic carbocycles. The normalized spacial score (nSPS) is 10.5. The first-order valence-corrected chi connectivity index (χ1v) is 22.2. The zero-order valence-electron chi connectivity index (χ0n) is 40.3. The van der Waals surface area contributed by atoms with Gasteiger partial charge in [-0.1, -0.05) is 125 Å². The molecular weight excluding hydrogens is 806 g/mol. The minimum Gasteiger partial charge on any atom is -0.356 e. The monoisotopic (exact) mass is 896 g/mol. The van der Waals surface area contributed by atoms with E-state index in [0.717, 1.165) is 48.1 Å². The minimum atomic E-state index is -0.122. The maximum atomic E-state index is 11.6. The number of thioether (sulfide) groups is 1. The third kappa shape index (κ3) is 56.1. The third-order valence-corrected chi connectivity index (χ3v) is 8.39. The summed E-state index contributed by atoms with van der Waals surface area (Å²) in [6.45, 7) is 40.1. The van der Waals surface area contributed by atoms with Gasteiger partial charge in [0.1, 0.15) is 26.7 Å². The van der Waals surface area contributed by atoms with E-state index >= 15 is 0 Å². The highest BCUT2D eigenvalue weighted by atomic mass is 35.5. The number of rotatable bonds is 13. The van der Waals surface area contributed by atoms with Gasteiger partial charge in [0.15, 0.2) is 0 Å². The maximum Gasteiger partial charge on any atom is 0.251 e. The molecule has 354 valence electrons. The zero-order valence-corrected chi connectivity index (χ0v) is 41.9. The number of carbonyl (C=O) groups excluding carboxylic acids is 6. The molecule has 0 radical (unpaired) electrons. The standard InChI is InChI=1S/C12H15NO2.C9H12ClN.C9H17NO.C6H10S.C5H12.C3H8.C2H6.3CH2O.CH4/c1-3-4-13-12(15)11-6-9(2)5-10(7-11)8-14;1-7(11-2)8-4-3-5-9(10)6-8;1-3-7(2)9(11)10-6-8-4-5-8;1-4-7-5-6(2)3;1-4-5(2)3;1-3-2;4*1-2;/h5-8H,3-4H2,1-2H3,(H,13,15);3-7,11H,1-2H3;7-8H,3-6H2,1-2H3,(H,10,11);4-5H,1H2,2-3H3;5H,4H2,1-3H3;3H2,1-2H3;1-2H3;3*1H2;1H4/t;2*7-;;;;;;;;/m.10......../s1. The van der Waals surface area contributed by atoms with E-state index in [-0.39, 0.29) is 25.2 Å². The van der Waals surface area contributed by atoms with Crippen molar-refractivity contribution in [2.24, 2.45) is 17.8 Å². The van der Waals surface area contributed by atoms with Crippen molar-refractivity contribution in [1.29, 1.82) is 0 Å². The summed E-state index contributed by atoms with van der Waals surface area (Å²) >= 11 is 7.44. The van der Waals surface area contributed by atoms with E-state index in [1.807, 2.05) is 92.6 Å². The van der Waals surface area contributed by atoms with Gasteiger partial charge in [-0.05, 0) is 125 Å². The summed E-state index contributed by atoms with van der Waals surface area (Å²) in [5.74, 6) is 1.97. The first kappa shape index (κ1) is 74.6. The molecule has 11 heteroatoms. The molecule has 2 aromatic carbocycles. The number of aryl methyl sites for hydroxylation is 1. The van der Waals surface area contributed by atoms with E-state index in [9.17, 15) is 14.4 Å². The Morgan fingerprint density at radius 3 is 1.72 bits per heavy atom.